The molecular weight excluding hydrogens is 236 g/mol. The summed E-state index contributed by atoms with van der Waals surface area (Å²) in [7, 11) is 1.64. The van der Waals surface area contributed by atoms with Gasteiger partial charge in [-0.15, -0.1) is 0 Å². The van der Waals surface area contributed by atoms with Gasteiger partial charge in [0.25, 0.3) is 0 Å². The average Bonchev–Trinajstić information content (AvgIpc) is 2.22. The maximum atomic E-state index is 11.8. The lowest BCUT2D eigenvalue weighted by molar-refractivity contribution is -0.140. The van der Waals surface area contributed by atoms with Crippen molar-refractivity contribution in [2.75, 3.05) is 13.6 Å². The molecule has 0 aromatic carbocycles. The highest BCUT2D eigenvalue weighted by Crippen LogP contribution is 2.27. The minimum atomic E-state index is -1.02. The van der Waals surface area contributed by atoms with Crippen molar-refractivity contribution in [2.24, 2.45) is 11.8 Å². The summed E-state index contributed by atoms with van der Waals surface area (Å²) in [6.45, 7) is 4.05. The summed E-state index contributed by atoms with van der Waals surface area (Å²) in [5, 5.41) is 20.7. The molecular formula is C12H22N2O4. The Morgan fingerprint density at radius 3 is 2.33 bits per heavy atom. The highest BCUT2D eigenvalue weighted by molar-refractivity contribution is 5.82. The van der Waals surface area contributed by atoms with Gasteiger partial charge in [-0.3, -0.25) is 0 Å². The summed E-state index contributed by atoms with van der Waals surface area (Å²) in [4.78, 5) is 24.3. The first-order valence-corrected chi connectivity index (χ1v) is 6.23. The highest BCUT2D eigenvalue weighted by atomic mass is 16.4. The van der Waals surface area contributed by atoms with Crippen LogP contribution in [-0.2, 0) is 4.79 Å². The van der Waals surface area contributed by atoms with Crippen LogP contribution in [0.3, 0.4) is 0 Å². The number of rotatable bonds is 5. The van der Waals surface area contributed by atoms with Crippen LogP contribution in [-0.4, -0.2) is 52.9 Å². The van der Waals surface area contributed by atoms with E-state index in [0.717, 1.165) is 0 Å². The second kappa shape index (κ2) is 6.04. The molecule has 0 unspecified atom stereocenters. The molecule has 2 amide bonds. The van der Waals surface area contributed by atoms with Crippen LogP contribution >= 0.6 is 0 Å². The van der Waals surface area contributed by atoms with Gasteiger partial charge in [-0.1, -0.05) is 13.8 Å². The monoisotopic (exact) mass is 258 g/mol. The number of aliphatic hydroxyl groups excluding tert-OH is 1. The number of carboxylic acid groups (broad SMARTS) is 1. The van der Waals surface area contributed by atoms with Crippen molar-refractivity contribution in [2.45, 2.75) is 38.8 Å². The molecule has 0 heterocycles. The number of amides is 2. The average molecular weight is 258 g/mol. The van der Waals surface area contributed by atoms with Gasteiger partial charge in [0.15, 0.2) is 0 Å². The number of urea groups is 1. The van der Waals surface area contributed by atoms with Gasteiger partial charge < -0.3 is 20.4 Å². The highest BCUT2D eigenvalue weighted by Gasteiger charge is 2.30. The summed E-state index contributed by atoms with van der Waals surface area (Å²) in [5.41, 5.74) is 0. The van der Waals surface area contributed by atoms with Crippen LogP contribution in [0.2, 0.25) is 0 Å². The first-order valence-electron chi connectivity index (χ1n) is 6.23. The van der Waals surface area contributed by atoms with Gasteiger partial charge in [0.2, 0.25) is 0 Å². The van der Waals surface area contributed by atoms with Gasteiger partial charge in [-0.05, 0) is 24.7 Å². The van der Waals surface area contributed by atoms with Crippen molar-refractivity contribution < 1.29 is 19.8 Å². The van der Waals surface area contributed by atoms with Crippen LogP contribution in [0.15, 0.2) is 0 Å². The molecule has 6 heteroatoms. The van der Waals surface area contributed by atoms with Crippen LogP contribution in [0.5, 0.6) is 0 Å². The minimum Gasteiger partial charge on any atom is -0.480 e. The van der Waals surface area contributed by atoms with Crippen LogP contribution in [0.1, 0.15) is 26.7 Å². The van der Waals surface area contributed by atoms with E-state index < -0.39 is 12.0 Å². The van der Waals surface area contributed by atoms with Crippen molar-refractivity contribution >= 4 is 12.0 Å². The molecule has 1 fully saturated rings. The van der Waals surface area contributed by atoms with E-state index in [9.17, 15) is 9.59 Å². The van der Waals surface area contributed by atoms with E-state index in [0.29, 0.717) is 25.3 Å². The minimum absolute atomic E-state index is 0.162. The normalized spacial score (nSPS) is 24.3. The lowest BCUT2D eigenvalue weighted by Crippen LogP contribution is -2.50. The van der Waals surface area contributed by atoms with E-state index in [-0.39, 0.29) is 18.1 Å². The summed E-state index contributed by atoms with van der Waals surface area (Å²) in [5.74, 6) is -0.866. The number of aliphatic hydroxyl groups is 1. The molecule has 1 aliphatic rings. The SMILES string of the molecule is CC(C)[C@H](NC(=O)N(C)CC1CC(O)C1)C(=O)O. The molecule has 1 rings (SSSR count). The predicted octanol–water partition coefficient (Wildman–Crippen LogP) is 0.508. The third-order valence-corrected chi connectivity index (χ3v) is 3.30. The largest absolute Gasteiger partial charge is 0.480 e. The van der Waals surface area contributed by atoms with Crippen LogP contribution in [0.25, 0.3) is 0 Å². The smallest absolute Gasteiger partial charge is 0.326 e. The summed E-state index contributed by atoms with van der Waals surface area (Å²) in [6, 6.07) is -1.25. The van der Waals surface area contributed by atoms with Crippen LogP contribution in [0, 0.1) is 11.8 Å². The summed E-state index contributed by atoms with van der Waals surface area (Å²) < 4.78 is 0. The Kier molecular flexibility index (Phi) is 4.95. The number of carbonyl (C=O) groups is 2. The molecule has 0 aromatic rings. The fraction of sp³-hybridized carbons (Fsp3) is 0.833. The maximum Gasteiger partial charge on any atom is 0.326 e. The second-order valence-electron chi connectivity index (χ2n) is 5.38. The Bertz CT molecular complexity index is 313. The summed E-state index contributed by atoms with van der Waals surface area (Å²) in [6.07, 6.45) is 1.18. The molecule has 1 saturated carbocycles. The van der Waals surface area contributed by atoms with Crippen molar-refractivity contribution in [3.05, 3.63) is 0 Å². The predicted molar refractivity (Wildman–Crippen MR) is 66.2 cm³/mol. The van der Waals surface area contributed by atoms with Crippen molar-refractivity contribution in [3.63, 3.8) is 0 Å². The fourth-order valence-corrected chi connectivity index (χ4v) is 2.08. The van der Waals surface area contributed by atoms with E-state index in [2.05, 4.69) is 5.32 Å². The number of hydrogen-bond donors (Lipinski definition) is 3. The van der Waals surface area contributed by atoms with E-state index >= 15 is 0 Å². The van der Waals surface area contributed by atoms with Crippen LogP contribution < -0.4 is 5.32 Å². The molecule has 0 bridgehead atoms. The lowest BCUT2D eigenvalue weighted by Gasteiger charge is -2.34. The molecule has 1 atom stereocenters. The molecule has 3 N–H and O–H groups in total. The zero-order chi connectivity index (χ0) is 13.9. The lowest BCUT2D eigenvalue weighted by atomic mass is 9.82. The summed E-state index contributed by atoms with van der Waals surface area (Å²) >= 11 is 0. The Labute approximate surface area is 107 Å². The molecule has 1 aliphatic carbocycles. The first-order chi connectivity index (χ1) is 8.31. The van der Waals surface area contributed by atoms with E-state index in [1.807, 2.05) is 0 Å². The van der Waals surface area contributed by atoms with Crippen LogP contribution in [0.4, 0.5) is 4.79 Å². The number of aliphatic carboxylic acids is 1. The van der Waals surface area contributed by atoms with E-state index in [1.54, 1.807) is 20.9 Å². The topological polar surface area (TPSA) is 89.9 Å². The fourth-order valence-electron chi connectivity index (χ4n) is 2.08. The second-order valence-corrected chi connectivity index (χ2v) is 5.38. The van der Waals surface area contributed by atoms with Gasteiger partial charge in [0.05, 0.1) is 6.10 Å². The molecule has 6 nitrogen and oxygen atoms in total. The Balaban J connectivity index is 2.40. The van der Waals surface area contributed by atoms with Gasteiger partial charge in [-0.2, -0.15) is 0 Å². The zero-order valence-corrected chi connectivity index (χ0v) is 11.1. The number of nitrogens with one attached hydrogen (secondary N) is 1. The van der Waals surface area contributed by atoms with Gasteiger partial charge >= 0.3 is 12.0 Å². The number of carbonyl (C=O) groups excluding carboxylic acids is 1. The number of hydrogen-bond acceptors (Lipinski definition) is 3. The van der Waals surface area contributed by atoms with Crippen molar-refractivity contribution in [3.8, 4) is 0 Å². The van der Waals surface area contributed by atoms with Gasteiger partial charge in [0, 0.05) is 13.6 Å². The maximum absolute atomic E-state index is 11.8. The van der Waals surface area contributed by atoms with E-state index in [1.165, 1.54) is 4.90 Å². The Hall–Kier alpha value is -1.30. The molecule has 0 saturated heterocycles. The zero-order valence-electron chi connectivity index (χ0n) is 11.1. The Morgan fingerprint density at radius 1 is 1.39 bits per heavy atom. The standard InChI is InChI=1S/C12H22N2O4/c1-7(2)10(11(16)17)13-12(18)14(3)6-8-4-9(15)5-8/h7-10,15H,4-6H2,1-3H3,(H,13,18)(H,16,17)/t8?,9?,10-/m0/s1. The molecule has 0 aliphatic heterocycles. The van der Waals surface area contributed by atoms with Gasteiger partial charge in [-0.25, -0.2) is 9.59 Å². The number of carboxylic acids is 1. The van der Waals surface area contributed by atoms with Gasteiger partial charge in [0.1, 0.15) is 6.04 Å². The van der Waals surface area contributed by atoms with Crippen molar-refractivity contribution in [1.29, 1.82) is 0 Å². The quantitative estimate of drug-likeness (QED) is 0.670. The first kappa shape index (κ1) is 14.8. The molecule has 104 valence electrons. The van der Waals surface area contributed by atoms with Crippen molar-refractivity contribution in [1.82, 2.24) is 10.2 Å². The third kappa shape index (κ3) is 3.87. The molecule has 0 aromatic heterocycles. The molecule has 18 heavy (non-hydrogen) atoms. The Morgan fingerprint density at radius 2 is 1.94 bits per heavy atom. The molecule has 0 spiro atoms. The molecule has 0 radical (unpaired) electrons. The third-order valence-electron chi connectivity index (χ3n) is 3.30. The van der Waals surface area contributed by atoms with E-state index in [4.69, 9.17) is 10.2 Å². The number of nitrogens with zero attached hydrogens (tertiary/aromatic N) is 1.